The number of nitrogens with one attached hydrogen (secondary N) is 1. The lowest BCUT2D eigenvalue weighted by Gasteiger charge is -2.30. The standard InChI is InChI=1S/C15H26N2O4S/c1-7-11-8-9-12(21-11)14(15(2,3)4)16-13(18)10-17(5)22(6,19)20/h8-9,14H,7,10H2,1-6H3,(H,16,18)/t14-/m0/s1. The molecule has 1 amide bonds. The Kier molecular flexibility index (Phi) is 5.81. The second-order valence-electron chi connectivity index (χ2n) is 6.54. The molecular formula is C15H26N2O4S. The van der Waals surface area contributed by atoms with E-state index in [1.54, 1.807) is 0 Å². The first-order valence-electron chi connectivity index (χ1n) is 7.24. The average Bonchev–Trinajstić information content (AvgIpc) is 2.81. The molecule has 1 heterocycles. The summed E-state index contributed by atoms with van der Waals surface area (Å²) in [5, 5.41) is 2.87. The van der Waals surface area contributed by atoms with E-state index in [-0.39, 0.29) is 23.9 Å². The summed E-state index contributed by atoms with van der Waals surface area (Å²) >= 11 is 0. The number of hydrogen-bond donors (Lipinski definition) is 1. The SMILES string of the molecule is CCc1ccc([C@H](NC(=O)CN(C)S(C)(=O)=O)C(C)(C)C)o1. The maximum atomic E-state index is 12.1. The predicted molar refractivity (Wildman–Crippen MR) is 85.9 cm³/mol. The highest BCUT2D eigenvalue weighted by Crippen LogP contribution is 2.33. The molecule has 7 heteroatoms. The van der Waals surface area contributed by atoms with Crippen LogP contribution in [0, 0.1) is 5.41 Å². The molecule has 6 nitrogen and oxygen atoms in total. The van der Waals surface area contributed by atoms with Gasteiger partial charge in [-0.05, 0) is 17.5 Å². The van der Waals surface area contributed by atoms with Crippen molar-refractivity contribution in [1.82, 2.24) is 9.62 Å². The lowest BCUT2D eigenvalue weighted by Crippen LogP contribution is -2.42. The number of aryl methyl sites for hydroxylation is 1. The molecule has 0 radical (unpaired) electrons. The van der Waals surface area contributed by atoms with Gasteiger partial charge in [-0.2, -0.15) is 4.31 Å². The van der Waals surface area contributed by atoms with Crippen molar-refractivity contribution >= 4 is 15.9 Å². The van der Waals surface area contributed by atoms with Crippen LogP contribution in [0.1, 0.15) is 45.3 Å². The van der Waals surface area contributed by atoms with E-state index in [9.17, 15) is 13.2 Å². The number of rotatable bonds is 6. The van der Waals surface area contributed by atoms with Crippen molar-refractivity contribution in [2.24, 2.45) is 5.41 Å². The zero-order valence-corrected chi connectivity index (χ0v) is 15.0. The molecule has 0 saturated heterocycles. The van der Waals surface area contributed by atoms with Crippen LogP contribution in [-0.4, -0.2) is 38.5 Å². The molecule has 1 N–H and O–H groups in total. The number of carbonyl (C=O) groups excluding carboxylic acids is 1. The molecular weight excluding hydrogens is 304 g/mol. The molecule has 0 aliphatic rings. The number of hydrogen-bond acceptors (Lipinski definition) is 4. The fraction of sp³-hybridized carbons (Fsp3) is 0.667. The van der Waals surface area contributed by atoms with Crippen molar-refractivity contribution in [3.05, 3.63) is 23.7 Å². The van der Waals surface area contributed by atoms with Gasteiger partial charge >= 0.3 is 0 Å². The van der Waals surface area contributed by atoms with Crippen molar-refractivity contribution < 1.29 is 17.6 Å². The third-order valence-corrected chi connectivity index (χ3v) is 4.68. The van der Waals surface area contributed by atoms with Gasteiger partial charge in [0, 0.05) is 13.5 Å². The summed E-state index contributed by atoms with van der Waals surface area (Å²) in [5.41, 5.74) is -0.262. The minimum atomic E-state index is -3.38. The smallest absolute Gasteiger partial charge is 0.235 e. The Balaban J connectivity index is 2.89. The van der Waals surface area contributed by atoms with Crippen LogP contribution < -0.4 is 5.32 Å². The molecule has 0 aliphatic carbocycles. The van der Waals surface area contributed by atoms with Gasteiger partial charge in [0.1, 0.15) is 11.5 Å². The fourth-order valence-corrected chi connectivity index (χ4v) is 2.33. The van der Waals surface area contributed by atoms with Crippen molar-refractivity contribution in [1.29, 1.82) is 0 Å². The van der Waals surface area contributed by atoms with Crippen LogP contribution in [0.15, 0.2) is 16.5 Å². The maximum Gasteiger partial charge on any atom is 0.235 e. The Morgan fingerprint density at radius 2 is 1.95 bits per heavy atom. The Hall–Kier alpha value is -1.34. The first kappa shape index (κ1) is 18.7. The number of likely N-dealkylation sites (N-methyl/N-ethyl adjacent to an activating group) is 1. The molecule has 1 atom stereocenters. The molecule has 0 unspecified atom stereocenters. The third-order valence-electron chi connectivity index (χ3n) is 3.42. The van der Waals surface area contributed by atoms with E-state index in [4.69, 9.17) is 4.42 Å². The highest BCUT2D eigenvalue weighted by molar-refractivity contribution is 7.88. The quantitative estimate of drug-likeness (QED) is 0.864. The Morgan fingerprint density at radius 1 is 1.36 bits per heavy atom. The van der Waals surface area contributed by atoms with Crippen LogP contribution in [0.25, 0.3) is 0 Å². The largest absolute Gasteiger partial charge is 0.464 e. The second-order valence-corrected chi connectivity index (χ2v) is 8.63. The van der Waals surface area contributed by atoms with E-state index in [0.29, 0.717) is 5.76 Å². The van der Waals surface area contributed by atoms with Crippen molar-refractivity contribution in [2.75, 3.05) is 19.8 Å². The van der Waals surface area contributed by atoms with Gasteiger partial charge in [-0.1, -0.05) is 27.7 Å². The van der Waals surface area contributed by atoms with E-state index < -0.39 is 10.0 Å². The van der Waals surface area contributed by atoms with Crippen LogP contribution in [0.4, 0.5) is 0 Å². The summed E-state index contributed by atoms with van der Waals surface area (Å²) in [5.74, 6) is 1.17. The first-order chi connectivity index (χ1) is 9.95. The van der Waals surface area contributed by atoms with E-state index in [2.05, 4.69) is 5.32 Å². The Labute approximate surface area is 132 Å². The fourth-order valence-electron chi connectivity index (χ4n) is 1.98. The molecule has 0 bridgehead atoms. The summed E-state index contributed by atoms with van der Waals surface area (Å²) < 4.78 is 29.5. The van der Waals surface area contributed by atoms with Gasteiger partial charge in [0.25, 0.3) is 0 Å². The molecule has 1 aromatic heterocycles. The van der Waals surface area contributed by atoms with Crippen LogP contribution in [0.3, 0.4) is 0 Å². The molecule has 0 fully saturated rings. The third kappa shape index (κ3) is 5.14. The van der Waals surface area contributed by atoms with Crippen molar-refractivity contribution in [3.63, 3.8) is 0 Å². The number of furan rings is 1. The topological polar surface area (TPSA) is 79.6 Å². The highest BCUT2D eigenvalue weighted by atomic mass is 32.2. The Bertz CT molecular complexity index is 614. The van der Waals surface area contributed by atoms with Crippen LogP contribution in [0.2, 0.25) is 0 Å². The number of sulfonamides is 1. The maximum absolute atomic E-state index is 12.1. The normalized spacial score (nSPS) is 14.1. The molecule has 0 spiro atoms. The summed E-state index contributed by atoms with van der Waals surface area (Å²) in [6.07, 6.45) is 1.85. The van der Waals surface area contributed by atoms with E-state index in [1.807, 2.05) is 39.8 Å². The zero-order valence-electron chi connectivity index (χ0n) is 14.1. The van der Waals surface area contributed by atoms with Gasteiger partial charge < -0.3 is 9.73 Å². The molecule has 0 aliphatic heterocycles. The lowest BCUT2D eigenvalue weighted by molar-refractivity contribution is -0.122. The summed E-state index contributed by atoms with van der Waals surface area (Å²) in [7, 11) is -2.01. The van der Waals surface area contributed by atoms with E-state index >= 15 is 0 Å². The summed E-state index contributed by atoms with van der Waals surface area (Å²) in [4.78, 5) is 12.1. The molecule has 126 valence electrons. The van der Waals surface area contributed by atoms with Gasteiger partial charge in [0.2, 0.25) is 15.9 Å². The van der Waals surface area contributed by atoms with Gasteiger partial charge in [0.15, 0.2) is 0 Å². The lowest BCUT2D eigenvalue weighted by atomic mass is 9.85. The predicted octanol–water partition coefficient (Wildman–Crippen LogP) is 1.94. The van der Waals surface area contributed by atoms with Crippen molar-refractivity contribution in [2.45, 2.75) is 40.2 Å². The average molecular weight is 330 g/mol. The molecule has 0 aromatic carbocycles. The number of nitrogens with zero attached hydrogens (tertiary/aromatic N) is 1. The summed E-state index contributed by atoms with van der Waals surface area (Å²) in [6.45, 7) is 7.76. The van der Waals surface area contributed by atoms with Crippen LogP contribution >= 0.6 is 0 Å². The zero-order chi connectivity index (χ0) is 17.1. The number of carbonyl (C=O) groups is 1. The molecule has 0 saturated carbocycles. The Morgan fingerprint density at radius 3 is 2.36 bits per heavy atom. The number of amides is 1. The van der Waals surface area contributed by atoms with Crippen LogP contribution in [-0.2, 0) is 21.2 Å². The minimum absolute atomic E-state index is 0.216. The van der Waals surface area contributed by atoms with Gasteiger partial charge in [-0.25, -0.2) is 8.42 Å². The molecule has 1 aromatic rings. The van der Waals surface area contributed by atoms with Crippen molar-refractivity contribution in [3.8, 4) is 0 Å². The van der Waals surface area contributed by atoms with Gasteiger partial charge in [-0.3, -0.25) is 4.79 Å². The minimum Gasteiger partial charge on any atom is -0.464 e. The first-order valence-corrected chi connectivity index (χ1v) is 9.09. The molecule has 22 heavy (non-hydrogen) atoms. The monoisotopic (exact) mass is 330 g/mol. The van der Waals surface area contributed by atoms with Crippen LogP contribution in [0.5, 0.6) is 0 Å². The second kappa shape index (κ2) is 6.83. The van der Waals surface area contributed by atoms with Gasteiger partial charge in [-0.15, -0.1) is 0 Å². The van der Waals surface area contributed by atoms with Gasteiger partial charge in [0.05, 0.1) is 18.8 Å². The van der Waals surface area contributed by atoms with E-state index in [0.717, 1.165) is 22.7 Å². The molecule has 1 rings (SSSR count). The van der Waals surface area contributed by atoms with E-state index in [1.165, 1.54) is 7.05 Å². The summed E-state index contributed by atoms with van der Waals surface area (Å²) in [6, 6.07) is 3.42. The highest BCUT2D eigenvalue weighted by Gasteiger charge is 2.31.